The number of nitrogens with zero attached hydrogens (tertiary/aromatic N) is 1. The number of aromatic amines is 1. The fourth-order valence-corrected chi connectivity index (χ4v) is 3.16. The summed E-state index contributed by atoms with van der Waals surface area (Å²) in [5.41, 5.74) is 0.910. The molecule has 0 aliphatic heterocycles. The van der Waals surface area contributed by atoms with Gasteiger partial charge in [0.2, 0.25) is 0 Å². The molecule has 0 saturated heterocycles. The summed E-state index contributed by atoms with van der Waals surface area (Å²) in [7, 11) is 0. The van der Waals surface area contributed by atoms with Crippen molar-refractivity contribution in [3.05, 3.63) is 88.5 Å². The number of carbonyl (C=O) groups is 1. The largest absolute Gasteiger partial charge is 0.494 e. The predicted molar refractivity (Wildman–Crippen MR) is 107 cm³/mol. The molecule has 7 nitrogen and oxygen atoms in total. The van der Waals surface area contributed by atoms with Gasteiger partial charge in [-0.15, -0.1) is 0 Å². The molecule has 148 valence electrons. The van der Waals surface area contributed by atoms with Crippen LogP contribution in [-0.2, 0) is 13.1 Å². The first kappa shape index (κ1) is 18.6. The molecule has 0 spiro atoms. The van der Waals surface area contributed by atoms with Gasteiger partial charge in [0.15, 0.2) is 5.76 Å². The van der Waals surface area contributed by atoms with E-state index in [1.165, 1.54) is 11.2 Å². The first-order valence-corrected chi connectivity index (χ1v) is 9.28. The molecule has 0 unspecified atom stereocenters. The van der Waals surface area contributed by atoms with Gasteiger partial charge in [0.25, 0.3) is 11.5 Å². The number of hydrogen-bond donors (Lipinski definition) is 1. The number of amides is 1. The van der Waals surface area contributed by atoms with Crippen molar-refractivity contribution >= 4 is 16.8 Å². The average Bonchev–Trinajstić information content (AvgIpc) is 3.42. The van der Waals surface area contributed by atoms with Gasteiger partial charge < -0.3 is 23.5 Å². The molecule has 0 aliphatic carbocycles. The zero-order chi connectivity index (χ0) is 20.2. The van der Waals surface area contributed by atoms with Crippen LogP contribution < -0.4 is 10.3 Å². The second-order valence-electron chi connectivity index (χ2n) is 6.52. The van der Waals surface area contributed by atoms with E-state index in [0.29, 0.717) is 23.4 Å². The van der Waals surface area contributed by atoms with E-state index >= 15 is 0 Å². The number of furan rings is 2. The van der Waals surface area contributed by atoms with Crippen LogP contribution in [0.5, 0.6) is 5.75 Å². The lowest BCUT2D eigenvalue weighted by atomic mass is 10.1. The minimum absolute atomic E-state index is 0.102. The van der Waals surface area contributed by atoms with Crippen molar-refractivity contribution in [2.45, 2.75) is 20.0 Å². The van der Waals surface area contributed by atoms with Crippen molar-refractivity contribution in [2.75, 3.05) is 6.61 Å². The number of carbonyl (C=O) groups excluding carboxylic acids is 1. The van der Waals surface area contributed by atoms with Gasteiger partial charge in [0.05, 0.1) is 32.2 Å². The zero-order valence-corrected chi connectivity index (χ0v) is 15.9. The van der Waals surface area contributed by atoms with E-state index in [2.05, 4.69) is 4.98 Å². The van der Waals surface area contributed by atoms with Crippen LogP contribution in [0.1, 0.15) is 28.8 Å². The fraction of sp³-hybridized carbons (Fsp3) is 0.182. The van der Waals surface area contributed by atoms with E-state index in [9.17, 15) is 9.59 Å². The van der Waals surface area contributed by atoms with Gasteiger partial charge in [-0.2, -0.15) is 0 Å². The molecule has 0 saturated carbocycles. The number of ether oxygens (including phenoxy) is 1. The first-order chi connectivity index (χ1) is 14.1. The molecular formula is C22H20N2O5. The maximum atomic E-state index is 12.9. The molecule has 3 heterocycles. The smallest absolute Gasteiger partial charge is 0.290 e. The van der Waals surface area contributed by atoms with Gasteiger partial charge >= 0.3 is 0 Å². The molecule has 0 aliphatic rings. The van der Waals surface area contributed by atoms with E-state index in [1.807, 2.05) is 19.1 Å². The van der Waals surface area contributed by atoms with Crippen LogP contribution >= 0.6 is 0 Å². The Morgan fingerprint density at radius 2 is 1.90 bits per heavy atom. The lowest BCUT2D eigenvalue weighted by Gasteiger charge is -2.20. The third-order valence-electron chi connectivity index (χ3n) is 4.51. The Balaban J connectivity index is 1.68. The number of benzene rings is 1. The molecule has 0 atom stereocenters. The van der Waals surface area contributed by atoms with E-state index in [-0.39, 0.29) is 30.3 Å². The van der Waals surface area contributed by atoms with E-state index < -0.39 is 0 Å². The Kier molecular flexibility index (Phi) is 5.20. The minimum atomic E-state index is -0.325. The molecule has 0 radical (unpaired) electrons. The van der Waals surface area contributed by atoms with Gasteiger partial charge in [-0.05, 0) is 55.5 Å². The summed E-state index contributed by atoms with van der Waals surface area (Å²) in [5, 5.41) is 0.828. The number of H-pyrrole nitrogens is 1. The Bertz CT molecular complexity index is 1160. The van der Waals surface area contributed by atoms with Crippen molar-refractivity contribution in [1.29, 1.82) is 0 Å². The van der Waals surface area contributed by atoms with Gasteiger partial charge in [0.1, 0.15) is 11.5 Å². The topological polar surface area (TPSA) is 88.7 Å². The average molecular weight is 392 g/mol. The molecule has 4 rings (SSSR count). The minimum Gasteiger partial charge on any atom is -0.494 e. The van der Waals surface area contributed by atoms with Crippen molar-refractivity contribution in [1.82, 2.24) is 9.88 Å². The number of aromatic nitrogens is 1. The highest BCUT2D eigenvalue weighted by molar-refractivity contribution is 5.91. The van der Waals surface area contributed by atoms with E-state index in [1.54, 1.807) is 42.7 Å². The number of fused-ring (bicyclic) bond motifs is 1. The van der Waals surface area contributed by atoms with Crippen LogP contribution in [0.3, 0.4) is 0 Å². The van der Waals surface area contributed by atoms with Crippen LogP contribution in [0.4, 0.5) is 0 Å². The molecule has 1 aromatic carbocycles. The van der Waals surface area contributed by atoms with Crippen molar-refractivity contribution in [3.8, 4) is 5.75 Å². The van der Waals surface area contributed by atoms with Gasteiger partial charge in [-0.1, -0.05) is 0 Å². The van der Waals surface area contributed by atoms with Crippen LogP contribution in [0, 0.1) is 0 Å². The predicted octanol–water partition coefficient (Wildman–Crippen LogP) is 3.96. The van der Waals surface area contributed by atoms with Crippen LogP contribution in [0.2, 0.25) is 0 Å². The summed E-state index contributed by atoms with van der Waals surface area (Å²) in [4.78, 5) is 29.9. The molecule has 1 amide bonds. The quantitative estimate of drug-likeness (QED) is 0.514. The third kappa shape index (κ3) is 4.08. The lowest BCUT2D eigenvalue weighted by molar-refractivity contribution is 0.0684. The van der Waals surface area contributed by atoms with Crippen molar-refractivity contribution < 1.29 is 18.4 Å². The lowest BCUT2D eigenvalue weighted by Crippen LogP contribution is -2.32. The Morgan fingerprint density at radius 1 is 1.07 bits per heavy atom. The summed E-state index contributed by atoms with van der Waals surface area (Å²) in [6.45, 7) is 2.78. The van der Waals surface area contributed by atoms with E-state index in [4.69, 9.17) is 13.6 Å². The molecule has 3 aromatic heterocycles. The van der Waals surface area contributed by atoms with Crippen LogP contribution in [0.15, 0.2) is 74.7 Å². The highest BCUT2D eigenvalue weighted by atomic mass is 16.5. The molecule has 29 heavy (non-hydrogen) atoms. The Labute approximate surface area is 166 Å². The standard InChI is InChI=1S/C22H20N2O5/c1-2-27-17-7-8-19-15(12-17)11-16(21(25)23-19)13-24(14-18-5-3-9-28-18)22(26)20-6-4-10-29-20/h3-12H,2,13-14H2,1H3,(H,23,25). The summed E-state index contributed by atoms with van der Waals surface area (Å²) < 4.78 is 16.2. The maximum Gasteiger partial charge on any atom is 0.290 e. The monoisotopic (exact) mass is 392 g/mol. The van der Waals surface area contributed by atoms with Gasteiger partial charge in [-0.25, -0.2) is 0 Å². The Hall–Kier alpha value is -3.74. The fourth-order valence-electron chi connectivity index (χ4n) is 3.16. The van der Waals surface area contributed by atoms with E-state index in [0.717, 1.165) is 11.1 Å². The summed E-state index contributed by atoms with van der Waals surface area (Å²) in [6.07, 6.45) is 2.99. The van der Waals surface area contributed by atoms with Crippen molar-refractivity contribution in [2.24, 2.45) is 0 Å². The SMILES string of the molecule is CCOc1ccc2[nH]c(=O)c(CN(Cc3ccco3)C(=O)c3ccco3)cc2c1. The normalized spacial score (nSPS) is 10.9. The van der Waals surface area contributed by atoms with Gasteiger partial charge in [-0.3, -0.25) is 9.59 Å². The molecule has 4 aromatic rings. The Morgan fingerprint density at radius 3 is 2.62 bits per heavy atom. The highest BCUT2D eigenvalue weighted by Gasteiger charge is 2.21. The number of nitrogens with one attached hydrogen (secondary N) is 1. The van der Waals surface area contributed by atoms with Crippen LogP contribution in [-0.4, -0.2) is 22.4 Å². The molecule has 0 fully saturated rings. The second kappa shape index (κ2) is 8.10. The first-order valence-electron chi connectivity index (χ1n) is 9.28. The zero-order valence-electron chi connectivity index (χ0n) is 15.9. The van der Waals surface area contributed by atoms with Crippen molar-refractivity contribution in [3.63, 3.8) is 0 Å². The highest BCUT2D eigenvalue weighted by Crippen LogP contribution is 2.20. The summed E-state index contributed by atoms with van der Waals surface area (Å²) in [6, 6.07) is 14.0. The third-order valence-corrected chi connectivity index (χ3v) is 4.51. The number of rotatable bonds is 7. The van der Waals surface area contributed by atoms with Crippen LogP contribution in [0.25, 0.3) is 10.9 Å². The molecular weight excluding hydrogens is 372 g/mol. The van der Waals surface area contributed by atoms with Gasteiger partial charge in [0, 0.05) is 16.5 Å². The summed E-state index contributed by atoms with van der Waals surface area (Å²) >= 11 is 0. The second-order valence-corrected chi connectivity index (χ2v) is 6.52. The number of hydrogen-bond acceptors (Lipinski definition) is 5. The maximum absolute atomic E-state index is 12.9. The number of pyridine rings is 1. The molecule has 0 bridgehead atoms. The molecule has 1 N–H and O–H groups in total. The molecule has 7 heteroatoms. The summed E-state index contributed by atoms with van der Waals surface area (Å²) in [5.74, 6) is 1.21.